The minimum absolute atomic E-state index is 0.0135. The Kier molecular flexibility index (Phi) is 8.88. The van der Waals surface area contributed by atoms with Gasteiger partial charge in [0.25, 0.3) is 5.91 Å². The summed E-state index contributed by atoms with van der Waals surface area (Å²) in [6, 6.07) is 21.1. The standard InChI is InChI=1S/C31H36N4O4/c1-6-38-27-19-25-26(20-28(27)39-7-2)33-31(37)29(25)30(22-11-9-8-10-12-22)32-23-13-15-24(16-14-23)35(21(3)36)18-17-34(4)5/h8-16,19-20,32H,6-7,17-18H2,1-5H3,(H,33,37). The number of hydrogen-bond donors (Lipinski definition) is 2. The van der Waals surface area contributed by atoms with Crippen LogP contribution in [0.1, 0.15) is 31.9 Å². The first-order chi connectivity index (χ1) is 18.8. The summed E-state index contributed by atoms with van der Waals surface area (Å²) in [5.74, 6) is 0.954. The van der Waals surface area contributed by atoms with Gasteiger partial charge in [0.15, 0.2) is 11.5 Å². The molecule has 3 aromatic rings. The molecule has 4 rings (SSSR count). The number of fused-ring (bicyclic) bond motifs is 1. The van der Waals surface area contributed by atoms with Gasteiger partial charge in [0.05, 0.1) is 30.2 Å². The number of ether oxygens (including phenoxy) is 2. The number of likely N-dealkylation sites (N-methyl/N-ethyl adjacent to an activating group) is 1. The molecular weight excluding hydrogens is 492 g/mol. The fourth-order valence-corrected chi connectivity index (χ4v) is 4.48. The zero-order valence-corrected chi connectivity index (χ0v) is 23.2. The average molecular weight is 529 g/mol. The Morgan fingerprint density at radius 3 is 2.13 bits per heavy atom. The van der Waals surface area contributed by atoms with Gasteiger partial charge in [0.2, 0.25) is 5.91 Å². The summed E-state index contributed by atoms with van der Waals surface area (Å²) < 4.78 is 11.6. The zero-order chi connectivity index (χ0) is 27.9. The Morgan fingerprint density at radius 1 is 0.897 bits per heavy atom. The van der Waals surface area contributed by atoms with E-state index in [1.807, 2.05) is 99.6 Å². The normalized spacial score (nSPS) is 13.5. The molecule has 0 unspecified atom stereocenters. The highest BCUT2D eigenvalue weighted by Gasteiger charge is 2.30. The molecule has 0 fully saturated rings. The van der Waals surface area contributed by atoms with Crippen LogP contribution in [0, 0.1) is 0 Å². The Hall–Kier alpha value is -4.30. The van der Waals surface area contributed by atoms with Crippen molar-refractivity contribution in [1.82, 2.24) is 4.90 Å². The second-order valence-electron chi connectivity index (χ2n) is 9.43. The molecule has 8 heteroatoms. The third-order valence-corrected chi connectivity index (χ3v) is 6.34. The predicted molar refractivity (Wildman–Crippen MR) is 157 cm³/mol. The van der Waals surface area contributed by atoms with Crippen LogP contribution in [0.15, 0.2) is 66.7 Å². The molecule has 0 saturated carbocycles. The van der Waals surface area contributed by atoms with E-state index in [4.69, 9.17) is 9.47 Å². The summed E-state index contributed by atoms with van der Waals surface area (Å²) in [5, 5.41) is 6.47. The van der Waals surface area contributed by atoms with Crippen LogP contribution in [0.3, 0.4) is 0 Å². The molecule has 0 atom stereocenters. The quantitative estimate of drug-likeness (QED) is 0.327. The molecule has 0 aromatic heterocycles. The zero-order valence-electron chi connectivity index (χ0n) is 23.2. The number of anilines is 3. The Labute approximate surface area is 230 Å². The van der Waals surface area contributed by atoms with Gasteiger partial charge in [-0.15, -0.1) is 0 Å². The average Bonchev–Trinajstić information content (AvgIpc) is 3.23. The van der Waals surface area contributed by atoms with Crippen molar-refractivity contribution in [3.8, 4) is 11.5 Å². The van der Waals surface area contributed by atoms with Gasteiger partial charge in [0.1, 0.15) is 0 Å². The van der Waals surface area contributed by atoms with Crippen LogP contribution < -0.4 is 25.0 Å². The molecule has 8 nitrogen and oxygen atoms in total. The van der Waals surface area contributed by atoms with Gasteiger partial charge in [-0.2, -0.15) is 0 Å². The molecule has 0 spiro atoms. The van der Waals surface area contributed by atoms with Crippen molar-refractivity contribution in [3.05, 3.63) is 77.9 Å². The van der Waals surface area contributed by atoms with Crippen LogP contribution in [-0.4, -0.2) is 57.1 Å². The second-order valence-corrected chi connectivity index (χ2v) is 9.43. The molecule has 2 N–H and O–H groups in total. The minimum atomic E-state index is -0.212. The Bertz CT molecular complexity index is 1350. The van der Waals surface area contributed by atoms with Gasteiger partial charge < -0.3 is 29.9 Å². The number of amides is 2. The van der Waals surface area contributed by atoms with E-state index >= 15 is 0 Å². The van der Waals surface area contributed by atoms with E-state index in [9.17, 15) is 9.59 Å². The molecule has 2 amide bonds. The molecule has 0 radical (unpaired) electrons. The van der Waals surface area contributed by atoms with Crippen LogP contribution in [0.2, 0.25) is 0 Å². The summed E-state index contributed by atoms with van der Waals surface area (Å²) >= 11 is 0. The topological polar surface area (TPSA) is 83.1 Å². The number of nitrogens with one attached hydrogen (secondary N) is 2. The van der Waals surface area contributed by atoms with Crippen molar-refractivity contribution < 1.29 is 19.1 Å². The predicted octanol–water partition coefficient (Wildman–Crippen LogP) is 5.33. The molecule has 1 aliphatic rings. The highest BCUT2D eigenvalue weighted by atomic mass is 16.5. The van der Waals surface area contributed by atoms with E-state index in [1.165, 1.54) is 0 Å². The Morgan fingerprint density at radius 2 is 1.54 bits per heavy atom. The molecule has 39 heavy (non-hydrogen) atoms. The van der Waals surface area contributed by atoms with E-state index in [0.29, 0.717) is 48.2 Å². The smallest absolute Gasteiger partial charge is 0.258 e. The molecule has 204 valence electrons. The van der Waals surface area contributed by atoms with Gasteiger partial charge in [-0.1, -0.05) is 30.3 Å². The molecule has 0 saturated heterocycles. The van der Waals surface area contributed by atoms with E-state index in [1.54, 1.807) is 11.8 Å². The van der Waals surface area contributed by atoms with Gasteiger partial charge in [-0.05, 0) is 63.8 Å². The number of carbonyl (C=O) groups is 2. The van der Waals surface area contributed by atoms with Crippen LogP contribution in [0.25, 0.3) is 11.3 Å². The van der Waals surface area contributed by atoms with Crippen molar-refractivity contribution in [3.63, 3.8) is 0 Å². The van der Waals surface area contributed by atoms with Crippen LogP contribution in [-0.2, 0) is 9.59 Å². The third-order valence-electron chi connectivity index (χ3n) is 6.34. The second kappa shape index (κ2) is 12.5. The number of hydrogen-bond acceptors (Lipinski definition) is 6. The maximum atomic E-state index is 13.4. The molecular formula is C31H36N4O4. The highest BCUT2D eigenvalue weighted by Crippen LogP contribution is 2.43. The van der Waals surface area contributed by atoms with E-state index in [0.717, 1.165) is 29.0 Å². The van der Waals surface area contributed by atoms with Gasteiger partial charge in [-0.3, -0.25) is 9.59 Å². The van der Waals surface area contributed by atoms with Crippen molar-refractivity contribution in [1.29, 1.82) is 0 Å². The number of benzene rings is 3. The lowest BCUT2D eigenvalue weighted by Crippen LogP contribution is -2.35. The Balaban J connectivity index is 1.76. The highest BCUT2D eigenvalue weighted by molar-refractivity contribution is 6.37. The lowest BCUT2D eigenvalue weighted by Gasteiger charge is -2.23. The van der Waals surface area contributed by atoms with Crippen molar-refractivity contribution in [2.24, 2.45) is 0 Å². The van der Waals surface area contributed by atoms with E-state index in [2.05, 4.69) is 10.6 Å². The molecule has 0 aliphatic carbocycles. The van der Waals surface area contributed by atoms with Gasteiger partial charge >= 0.3 is 0 Å². The maximum Gasteiger partial charge on any atom is 0.258 e. The first-order valence-corrected chi connectivity index (χ1v) is 13.2. The molecule has 3 aromatic carbocycles. The summed E-state index contributed by atoms with van der Waals surface area (Å²) in [6.07, 6.45) is 0. The fourth-order valence-electron chi connectivity index (χ4n) is 4.48. The van der Waals surface area contributed by atoms with Gasteiger partial charge in [-0.25, -0.2) is 0 Å². The van der Waals surface area contributed by atoms with Crippen LogP contribution in [0.4, 0.5) is 17.1 Å². The monoisotopic (exact) mass is 528 g/mol. The van der Waals surface area contributed by atoms with Crippen molar-refractivity contribution >= 4 is 40.1 Å². The van der Waals surface area contributed by atoms with Crippen LogP contribution >= 0.6 is 0 Å². The summed E-state index contributed by atoms with van der Waals surface area (Å²) in [5.41, 5.74) is 5.06. The third kappa shape index (κ3) is 6.41. The number of carbonyl (C=O) groups excluding carboxylic acids is 2. The van der Waals surface area contributed by atoms with E-state index in [-0.39, 0.29) is 11.8 Å². The number of nitrogens with zero attached hydrogens (tertiary/aromatic N) is 2. The molecule has 0 bridgehead atoms. The first-order valence-electron chi connectivity index (χ1n) is 13.2. The van der Waals surface area contributed by atoms with E-state index < -0.39 is 0 Å². The largest absolute Gasteiger partial charge is 0.490 e. The van der Waals surface area contributed by atoms with Crippen molar-refractivity contribution in [2.45, 2.75) is 20.8 Å². The fraction of sp³-hybridized carbons (Fsp3) is 0.290. The minimum Gasteiger partial charge on any atom is -0.490 e. The van der Waals surface area contributed by atoms with Crippen molar-refractivity contribution in [2.75, 3.05) is 55.9 Å². The SMILES string of the molecule is CCOc1cc2c(cc1OCC)C(=C(Nc1ccc(N(CCN(C)C)C(C)=O)cc1)c1ccccc1)C(=O)N2. The van der Waals surface area contributed by atoms with Gasteiger partial charge in [0, 0.05) is 43.0 Å². The lowest BCUT2D eigenvalue weighted by molar-refractivity contribution is -0.116. The maximum absolute atomic E-state index is 13.4. The first kappa shape index (κ1) is 27.7. The summed E-state index contributed by atoms with van der Waals surface area (Å²) in [7, 11) is 3.96. The summed E-state index contributed by atoms with van der Waals surface area (Å²) in [4.78, 5) is 29.5. The lowest BCUT2D eigenvalue weighted by atomic mass is 9.99. The number of rotatable bonds is 11. The van der Waals surface area contributed by atoms with Crippen LogP contribution in [0.5, 0.6) is 11.5 Å². The molecule has 1 aliphatic heterocycles. The summed E-state index contributed by atoms with van der Waals surface area (Å²) in [6.45, 7) is 7.71. The molecule has 1 heterocycles.